The van der Waals surface area contributed by atoms with Crippen LogP contribution < -0.4 is 5.32 Å². The summed E-state index contributed by atoms with van der Waals surface area (Å²) in [6, 6.07) is 7.60. The number of rotatable bonds is 2. The van der Waals surface area contributed by atoms with Crippen molar-refractivity contribution in [3.05, 3.63) is 47.4 Å². The van der Waals surface area contributed by atoms with Gasteiger partial charge in [-0.1, -0.05) is 30.4 Å². The Kier molecular flexibility index (Phi) is 3.71. The predicted molar refractivity (Wildman–Crippen MR) is 83.6 cm³/mol. The highest BCUT2D eigenvalue weighted by atomic mass is 32.2. The molecule has 1 aliphatic heterocycles. The molecule has 2 nitrogen and oxygen atoms in total. The lowest BCUT2D eigenvalue weighted by atomic mass is 9.87. The number of carbonyl (C=O) groups excluding carboxylic acids is 1. The van der Waals surface area contributed by atoms with Crippen LogP contribution in [0, 0.1) is 11.8 Å². The van der Waals surface area contributed by atoms with Gasteiger partial charge in [-0.15, -0.1) is 24.4 Å². The van der Waals surface area contributed by atoms with Gasteiger partial charge in [0.1, 0.15) is 0 Å². The van der Waals surface area contributed by atoms with Gasteiger partial charge in [0.05, 0.1) is 11.6 Å². The Balaban J connectivity index is 1.74. The highest BCUT2D eigenvalue weighted by Crippen LogP contribution is 2.44. The SMILES string of the molecule is O=C(Nc1ccccc1S)C1CSC2=CC=CCC21. The van der Waals surface area contributed by atoms with E-state index >= 15 is 0 Å². The molecular weight excluding hydrogens is 274 g/mol. The molecule has 1 heterocycles. The molecule has 1 amide bonds. The summed E-state index contributed by atoms with van der Waals surface area (Å²) in [7, 11) is 0. The van der Waals surface area contributed by atoms with Crippen LogP contribution in [0.4, 0.5) is 5.69 Å². The van der Waals surface area contributed by atoms with E-state index in [-0.39, 0.29) is 11.8 Å². The van der Waals surface area contributed by atoms with E-state index in [1.165, 1.54) is 4.91 Å². The number of carbonyl (C=O) groups is 1. The second-order valence-electron chi connectivity index (χ2n) is 4.76. The van der Waals surface area contributed by atoms with Crippen molar-refractivity contribution in [2.45, 2.75) is 11.3 Å². The fraction of sp³-hybridized carbons (Fsp3) is 0.267. The Hall–Kier alpha value is -1.13. The number of thioether (sulfide) groups is 1. The molecule has 0 aromatic heterocycles. The molecule has 1 aromatic rings. The first-order valence-electron chi connectivity index (χ1n) is 6.34. The number of hydrogen-bond donors (Lipinski definition) is 2. The van der Waals surface area contributed by atoms with Crippen LogP contribution in [0.5, 0.6) is 0 Å². The third kappa shape index (κ3) is 2.60. The molecule has 2 unspecified atom stereocenters. The van der Waals surface area contributed by atoms with Crippen molar-refractivity contribution < 1.29 is 4.79 Å². The van der Waals surface area contributed by atoms with Crippen LogP contribution in [0.2, 0.25) is 0 Å². The van der Waals surface area contributed by atoms with Gasteiger partial charge in [-0.05, 0) is 23.5 Å². The number of fused-ring (bicyclic) bond motifs is 1. The summed E-state index contributed by atoms with van der Waals surface area (Å²) in [5.41, 5.74) is 0.796. The average Bonchev–Trinajstić information content (AvgIpc) is 2.85. The number of allylic oxidation sites excluding steroid dienone is 4. The molecule has 1 fully saturated rings. The second-order valence-corrected chi connectivity index (χ2v) is 6.34. The highest BCUT2D eigenvalue weighted by molar-refractivity contribution is 8.03. The third-order valence-corrected chi connectivity index (χ3v) is 5.25. The number of amides is 1. The Bertz CT molecular complexity index is 565. The van der Waals surface area contributed by atoms with Crippen molar-refractivity contribution in [3.8, 4) is 0 Å². The van der Waals surface area contributed by atoms with Crippen LogP contribution >= 0.6 is 24.4 Å². The molecule has 1 N–H and O–H groups in total. The van der Waals surface area contributed by atoms with Gasteiger partial charge in [0.2, 0.25) is 5.91 Å². The first-order chi connectivity index (χ1) is 9.25. The Morgan fingerprint density at radius 3 is 3.05 bits per heavy atom. The summed E-state index contributed by atoms with van der Waals surface area (Å²) in [5.74, 6) is 1.41. The Labute approximate surface area is 122 Å². The minimum absolute atomic E-state index is 0.0640. The number of nitrogens with one attached hydrogen (secondary N) is 1. The second kappa shape index (κ2) is 5.47. The lowest BCUT2D eigenvalue weighted by Crippen LogP contribution is -2.28. The smallest absolute Gasteiger partial charge is 0.229 e. The van der Waals surface area contributed by atoms with Gasteiger partial charge >= 0.3 is 0 Å². The van der Waals surface area contributed by atoms with E-state index in [1.54, 1.807) is 0 Å². The molecule has 19 heavy (non-hydrogen) atoms. The fourth-order valence-corrected chi connectivity index (χ4v) is 4.13. The van der Waals surface area contributed by atoms with E-state index in [4.69, 9.17) is 0 Å². The summed E-state index contributed by atoms with van der Waals surface area (Å²) in [5, 5.41) is 3.01. The van der Waals surface area contributed by atoms with Crippen molar-refractivity contribution in [2.24, 2.45) is 11.8 Å². The zero-order valence-corrected chi connectivity index (χ0v) is 12.1. The maximum Gasteiger partial charge on any atom is 0.229 e. The average molecular weight is 289 g/mol. The van der Waals surface area contributed by atoms with E-state index in [2.05, 4.69) is 36.2 Å². The van der Waals surface area contributed by atoms with Gasteiger partial charge in [0.25, 0.3) is 0 Å². The van der Waals surface area contributed by atoms with E-state index in [1.807, 2.05) is 36.0 Å². The Morgan fingerprint density at radius 1 is 1.37 bits per heavy atom. The largest absolute Gasteiger partial charge is 0.325 e. The van der Waals surface area contributed by atoms with Gasteiger partial charge < -0.3 is 5.32 Å². The highest BCUT2D eigenvalue weighted by Gasteiger charge is 2.37. The summed E-state index contributed by atoms with van der Waals surface area (Å²) < 4.78 is 0. The van der Waals surface area contributed by atoms with Gasteiger partial charge in [0, 0.05) is 16.6 Å². The lowest BCUT2D eigenvalue weighted by molar-refractivity contribution is -0.120. The van der Waals surface area contributed by atoms with E-state index in [0.29, 0.717) is 5.92 Å². The standard InChI is InChI=1S/C15H15NOS2/c17-15(16-12-6-2-3-7-13(12)18)11-9-19-14-8-4-1-5-10(11)14/h1-4,6-8,10-11,18H,5,9H2,(H,16,17). The molecule has 0 spiro atoms. The van der Waals surface area contributed by atoms with E-state index in [9.17, 15) is 4.79 Å². The summed E-state index contributed by atoms with van der Waals surface area (Å²) in [6.07, 6.45) is 7.34. The van der Waals surface area contributed by atoms with Crippen LogP contribution in [-0.2, 0) is 4.79 Å². The number of hydrogen-bond acceptors (Lipinski definition) is 3. The molecule has 3 rings (SSSR count). The summed E-state index contributed by atoms with van der Waals surface area (Å²) in [6.45, 7) is 0. The summed E-state index contributed by atoms with van der Waals surface area (Å²) in [4.78, 5) is 14.6. The van der Waals surface area contributed by atoms with Crippen molar-refractivity contribution in [3.63, 3.8) is 0 Å². The van der Waals surface area contributed by atoms with Gasteiger partial charge in [-0.3, -0.25) is 4.79 Å². The van der Waals surface area contributed by atoms with Crippen LogP contribution in [0.25, 0.3) is 0 Å². The fourth-order valence-electron chi connectivity index (χ4n) is 2.51. The van der Waals surface area contributed by atoms with Crippen molar-refractivity contribution in [1.29, 1.82) is 0 Å². The molecule has 2 atom stereocenters. The molecule has 98 valence electrons. The van der Waals surface area contributed by atoms with Gasteiger partial charge in [-0.2, -0.15) is 0 Å². The molecule has 1 saturated heterocycles. The van der Waals surface area contributed by atoms with Gasteiger partial charge in [0.15, 0.2) is 0 Å². The maximum absolute atomic E-state index is 12.4. The van der Waals surface area contributed by atoms with Crippen LogP contribution in [0.3, 0.4) is 0 Å². The first-order valence-corrected chi connectivity index (χ1v) is 7.77. The van der Waals surface area contributed by atoms with Crippen molar-refractivity contribution in [1.82, 2.24) is 0 Å². The monoisotopic (exact) mass is 289 g/mol. The van der Waals surface area contributed by atoms with E-state index < -0.39 is 0 Å². The van der Waals surface area contributed by atoms with Crippen LogP contribution in [0.1, 0.15) is 6.42 Å². The quantitative estimate of drug-likeness (QED) is 0.812. The van der Waals surface area contributed by atoms with Crippen LogP contribution in [-0.4, -0.2) is 11.7 Å². The number of para-hydroxylation sites is 1. The third-order valence-electron chi connectivity index (χ3n) is 3.57. The molecule has 0 radical (unpaired) electrons. The summed E-state index contributed by atoms with van der Waals surface area (Å²) >= 11 is 6.17. The maximum atomic E-state index is 12.4. The van der Waals surface area contributed by atoms with E-state index in [0.717, 1.165) is 22.8 Å². The molecule has 1 aromatic carbocycles. The van der Waals surface area contributed by atoms with Crippen LogP contribution in [0.15, 0.2) is 52.3 Å². The minimum atomic E-state index is 0.0640. The predicted octanol–water partition coefficient (Wildman–Crippen LogP) is 3.74. The zero-order valence-electron chi connectivity index (χ0n) is 10.4. The van der Waals surface area contributed by atoms with Crippen molar-refractivity contribution in [2.75, 3.05) is 11.1 Å². The number of benzene rings is 1. The molecule has 2 aliphatic rings. The number of thiol groups is 1. The molecule has 1 aliphatic carbocycles. The minimum Gasteiger partial charge on any atom is -0.325 e. The molecule has 0 bridgehead atoms. The lowest BCUT2D eigenvalue weighted by Gasteiger charge is -2.20. The topological polar surface area (TPSA) is 29.1 Å². The normalized spacial score (nSPS) is 24.8. The zero-order chi connectivity index (χ0) is 13.2. The molecular formula is C15H15NOS2. The molecule has 0 saturated carbocycles. The Morgan fingerprint density at radius 2 is 2.21 bits per heavy atom. The number of anilines is 1. The molecule has 4 heteroatoms. The first kappa shape index (κ1) is 12.9. The van der Waals surface area contributed by atoms with Gasteiger partial charge in [-0.25, -0.2) is 0 Å². The van der Waals surface area contributed by atoms with Crippen molar-refractivity contribution >= 4 is 36.0 Å².